The first-order valence-electron chi connectivity index (χ1n) is 3.29. The van der Waals surface area contributed by atoms with Crippen molar-refractivity contribution in [2.75, 3.05) is 0 Å². The molecule has 0 atom stereocenters. The van der Waals surface area contributed by atoms with Gasteiger partial charge in [0.1, 0.15) is 0 Å². The lowest BCUT2D eigenvalue weighted by molar-refractivity contribution is 0.110. The molecule has 0 fully saturated rings. The van der Waals surface area contributed by atoms with Crippen LogP contribution in [0.5, 0.6) is 0 Å². The summed E-state index contributed by atoms with van der Waals surface area (Å²) in [4.78, 5) is 14.3. The van der Waals surface area contributed by atoms with Crippen LogP contribution in [0.2, 0.25) is 0 Å². The lowest BCUT2D eigenvalue weighted by atomic mass is 10.3. The Morgan fingerprint density at radius 3 is 3.00 bits per heavy atom. The molecule has 2 aromatic rings. The average molecular weight is 226 g/mol. The first-order chi connectivity index (χ1) is 5.81. The van der Waals surface area contributed by atoms with Gasteiger partial charge < -0.3 is 4.42 Å². The summed E-state index contributed by atoms with van der Waals surface area (Å²) in [6.07, 6.45) is 3.91. The predicted molar refractivity (Wildman–Crippen MR) is 47.1 cm³/mol. The molecule has 0 saturated carbocycles. The molecule has 0 aliphatic heterocycles. The van der Waals surface area contributed by atoms with E-state index in [1.54, 1.807) is 18.5 Å². The van der Waals surface area contributed by atoms with E-state index in [0.29, 0.717) is 17.6 Å². The highest BCUT2D eigenvalue weighted by Gasteiger charge is 2.04. The second-order valence-corrected chi connectivity index (χ2v) is 3.15. The second kappa shape index (κ2) is 2.71. The molecule has 0 aliphatic carbocycles. The number of aromatic nitrogens is 1. The number of rotatable bonds is 1. The quantitative estimate of drug-likeness (QED) is 0.701. The molecule has 0 N–H and O–H groups in total. The van der Waals surface area contributed by atoms with E-state index in [9.17, 15) is 4.79 Å². The number of furan rings is 1. The van der Waals surface area contributed by atoms with Crippen LogP contribution in [0.25, 0.3) is 11.0 Å². The summed E-state index contributed by atoms with van der Waals surface area (Å²) in [5.41, 5.74) is 0.617. The zero-order valence-electron chi connectivity index (χ0n) is 5.95. The Balaban J connectivity index is 2.82. The molecule has 60 valence electrons. The first-order valence-corrected chi connectivity index (χ1v) is 4.09. The van der Waals surface area contributed by atoms with Gasteiger partial charge in [-0.15, -0.1) is 0 Å². The molecule has 0 bridgehead atoms. The van der Waals surface area contributed by atoms with Crippen molar-refractivity contribution in [3.63, 3.8) is 0 Å². The SMILES string of the molecule is O=Cc1cc2c(Br)cncc2o1. The van der Waals surface area contributed by atoms with Gasteiger partial charge in [-0.25, -0.2) is 0 Å². The van der Waals surface area contributed by atoms with Gasteiger partial charge in [0.15, 0.2) is 17.6 Å². The summed E-state index contributed by atoms with van der Waals surface area (Å²) in [6.45, 7) is 0. The summed E-state index contributed by atoms with van der Waals surface area (Å²) < 4.78 is 5.97. The van der Waals surface area contributed by atoms with E-state index in [2.05, 4.69) is 20.9 Å². The molecule has 0 aromatic carbocycles. The van der Waals surface area contributed by atoms with Crippen molar-refractivity contribution in [3.8, 4) is 0 Å². The third kappa shape index (κ3) is 1.04. The Bertz CT molecular complexity index is 436. The molecule has 0 spiro atoms. The van der Waals surface area contributed by atoms with Crippen LogP contribution in [0.1, 0.15) is 10.6 Å². The Morgan fingerprint density at radius 2 is 2.33 bits per heavy atom. The fourth-order valence-electron chi connectivity index (χ4n) is 1.01. The van der Waals surface area contributed by atoms with Gasteiger partial charge >= 0.3 is 0 Å². The van der Waals surface area contributed by atoms with Crippen molar-refractivity contribution < 1.29 is 9.21 Å². The van der Waals surface area contributed by atoms with Crippen LogP contribution in [0, 0.1) is 0 Å². The lowest BCUT2D eigenvalue weighted by Crippen LogP contribution is -1.70. The molecule has 0 amide bonds. The number of pyridine rings is 1. The van der Waals surface area contributed by atoms with Crippen LogP contribution in [-0.2, 0) is 0 Å². The highest BCUT2D eigenvalue weighted by Crippen LogP contribution is 2.24. The van der Waals surface area contributed by atoms with Crippen LogP contribution in [-0.4, -0.2) is 11.3 Å². The molecule has 3 nitrogen and oxygen atoms in total. The smallest absolute Gasteiger partial charge is 0.185 e. The number of hydrogen-bond acceptors (Lipinski definition) is 3. The Hall–Kier alpha value is -1.16. The topological polar surface area (TPSA) is 43.1 Å². The van der Waals surface area contributed by atoms with Crippen LogP contribution in [0.3, 0.4) is 0 Å². The predicted octanol–water partition coefficient (Wildman–Crippen LogP) is 2.40. The highest BCUT2D eigenvalue weighted by atomic mass is 79.9. The number of carbonyl (C=O) groups is 1. The van der Waals surface area contributed by atoms with E-state index < -0.39 is 0 Å². The molecule has 0 aliphatic rings. The van der Waals surface area contributed by atoms with Crippen LogP contribution >= 0.6 is 15.9 Å². The summed E-state index contributed by atoms with van der Waals surface area (Å²) in [5.74, 6) is 0.318. The second-order valence-electron chi connectivity index (χ2n) is 2.30. The van der Waals surface area contributed by atoms with Gasteiger partial charge in [-0.1, -0.05) is 0 Å². The fraction of sp³-hybridized carbons (Fsp3) is 0. The van der Waals surface area contributed by atoms with Gasteiger partial charge in [-0.3, -0.25) is 9.78 Å². The van der Waals surface area contributed by atoms with Crippen LogP contribution in [0.4, 0.5) is 0 Å². The number of fused-ring (bicyclic) bond motifs is 1. The highest BCUT2D eigenvalue weighted by molar-refractivity contribution is 9.10. The van der Waals surface area contributed by atoms with E-state index in [1.165, 1.54) is 0 Å². The number of halogens is 1. The molecule has 0 radical (unpaired) electrons. The molecule has 4 heteroatoms. The number of hydrogen-bond donors (Lipinski definition) is 0. The van der Waals surface area contributed by atoms with Gasteiger partial charge in [0.2, 0.25) is 0 Å². The van der Waals surface area contributed by atoms with Crippen molar-refractivity contribution in [1.82, 2.24) is 4.98 Å². The zero-order chi connectivity index (χ0) is 8.55. The monoisotopic (exact) mass is 225 g/mol. The van der Waals surface area contributed by atoms with Gasteiger partial charge in [-0.05, 0) is 22.0 Å². The van der Waals surface area contributed by atoms with E-state index in [1.807, 2.05) is 0 Å². The van der Waals surface area contributed by atoms with Crippen LogP contribution in [0.15, 0.2) is 27.3 Å². The summed E-state index contributed by atoms with van der Waals surface area (Å²) >= 11 is 3.30. The van der Waals surface area contributed by atoms with E-state index in [-0.39, 0.29) is 0 Å². The van der Waals surface area contributed by atoms with Crippen molar-refractivity contribution in [3.05, 3.63) is 28.7 Å². The van der Waals surface area contributed by atoms with Crippen molar-refractivity contribution in [2.45, 2.75) is 0 Å². The van der Waals surface area contributed by atoms with Gasteiger partial charge in [-0.2, -0.15) is 0 Å². The van der Waals surface area contributed by atoms with Crippen molar-refractivity contribution in [1.29, 1.82) is 0 Å². The summed E-state index contributed by atoms with van der Waals surface area (Å²) in [7, 11) is 0. The summed E-state index contributed by atoms with van der Waals surface area (Å²) in [6, 6.07) is 1.67. The molecule has 0 unspecified atom stereocenters. The maximum Gasteiger partial charge on any atom is 0.185 e. The largest absolute Gasteiger partial charge is 0.452 e. The molecular formula is C8H4BrNO2. The van der Waals surface area contributed by atoms with Gasteiger partial charge in [0, 0.05) is 16.1 Å². The Labute approximate surface area is 76.5 Å². The molecule has 2 aromatic heterocycles. The molecule has 0 saturated heterocycles. The molecule has 12 heavy (non-hydrogen) atoms. The fourth-order valence-corrected chi connectivity index (χ4v) is 1.43. The van der Waals surface area contributed by atoms with Crippen molar-refractivity contribution >= 4 is 33.2 Å². The van der Waals surface area contributed by atoms with Crippen molar-refractivity contribution in [2.24, 2.45) is 0 Å². The lowest BCUT2D eigenvalue weighted by Gasteiger charge is -1.87. The molecular weight excluding hydrogens is 222 g/mol. The minimum atomic E-state index is 0.318. The minimum absolute atomic E-state index is 0.318. The third-order valence-electron chi connectivity index (χ3n) is 1.53. The first kappa shape index (κ1) is 7.49. The normalized spacial score (nSPS) is 10.4. The Morgan fingerprint density at radius 1 is 1.50 bits per heavy atom. The van der Waals surface area contributed by atoms with Crippen LogP contribution < -0.4 is 0 Å². The number of nitrogens with zero attached hydrogens (tertiary/aromatic N) is 1. The average Bonchev–Trinajstić information content (AvgIpc) is 2.49. The number of carbonyl (C=O) groups excluding carboxylic acids is 1. The minimum Gasteiger partial charge on any atom is -0.452 e. The van der Waals surface area contributed by atoms with Gasteiger partial charge in [0.05, 0.1) is 6.20 Å². The standard InChI is InChI=1S/C8H4BrNO2/c9-7-2-10-3-8-6(7)1-5(4-11)12-8/h1-4H. The Kier molecular flexibility index (Phi) is 1.69. The van der Waals surface area contributed by atoms with E-state index in [4.69, 9.17) is 4.42 Å². The molecule has 2 rings (SSSR count). The number of aldehydes is 1. The van der Waals surface area contributed by atoms with E-state index >= 15 is 0 Å². The summed E-state index contributed by atoms with van der Waals surface area (Å²) in [5, 5.41) is 0.868. The third-order valence-corrected chi connectivity index (χ3v) is 2.16. The molecule has 2 heterocycles. The van der Waals surface area contributed by atoms with E-state index in [0.717, 1.165) is 9.86 Å². The zero-order valence-corrected chi connectivity index (χ0v) is 7.54. The maximum atomic E-state index is 10.4. The maximum absolute atomic E-state index is 10.4. The van der Waals surface area contributed by atoms with Gasteiger partial charge in [0.25, 0.3) is 0 Å².